The summed E-state index contributed by atoms with van der Waals surface area (Å²) >= 11 is 0. The Morgan fingerprint density at radius 2 is 2.03 bits per heavy atom. The standard InChI is InChI=1S/C21H31N5O4/c1-13(2)12-26(16(9-22)19(28)29)18(27)15-11-24-20(21(3,4)5)25-17(15)23-10-14-7-6-8-30-14/h6-8,11,13,16H,9-10,12,22H2,1-5H3,(H,28,29)(H,23,24,25)/t16-/m0/s1. The number of hydrogen-bond acceptors (Lipinski definition) is 7. The van der Waals surface area contributed by atoms with Crippen molar-refractivity contribution < 1.29 is 19.1 Å². The molecular weight excluding hydrogens is 386 g/mol. The van der Waals surface area contributed by atoms with Crippen molar-refractivity contribution in [3.8, 4) is 0 Å². The minimum atomic E-state index is -1.15. The van der Waals surface area contributed by atoms with E-state index in [0.717, 1.165) is 0 Å². The molecule has 2 heterocycles. The van der Waals surface area contributed by atoms with Crippen LogP contribution < -0.4 is 11.1 Å². The van der Waals surface area contributed by atoms with E-state index in [-0.39, 0.29) is 30.0 Å². The lowest BCUT2D eigenvalue weighted by Crippen LogP contribution is -2.50. The molecule has 0 radical (unpaired) electrons. The molecule has 2 rings (SSSR count). The van der Waals surface area contributed by atoms with Crippen LogP contribution in [0, 0.1) is 5.92 Å². The fraction of sp³-hybridized carbons (Fsp3) is 0.524. The number of carbonyl (C=O) groups is 2. The number of anilines is 1. The molecule has 0 aliphatic carbocycles. The van der Waals surface area contributed by atoms with Gasteiger partial charge >= 0.3 is 5.97 Å². The van der Waals surface area contributed by atoms with E-state index in [0.29, 0.717) is 23.9 Å². The first-order valence-corrected chi connectivity index (χ1v) is 9.92. The van der Waals surface area contributed by atoms with Crippen molar-refractivity contribution in [2.75, 3.05) is 18.4 Å². The summed E-state index contributed by atoms with van der Waals surface area (Å²) in [4.78, 5) is 35.3. The summed E-state index contributed by atoms with van der Waals surface area (Å²) in [5.74, 6) is -0.0191. The summed E-state index contributed by atoms with van der Waals surface area (Å²) in [6, 6.07) is 2.44. The molecule has 9 nitrogen and oxygen atoms in total. The average molecular weight is 418 g/mol. The summed E-state index contributed by atoms with van der Waals surface area (Å²) in [6.45, 7) is 10.1. The molecule has 1 amide bonds. The summed E-state index contributed by atoms with van der Waals surface area (Å²) in [7, 11) is 0. The number of hydrogen-bond donors (Lipinski definition) is 3. The van der Waals surface area contributed by atoms with Gasteiger partial charge in [-0.15, -0.1) is 0 Å². The van der Waals surface area contributed by atoms with Crippen LogP contribution in [-0.4, -0.2) is 51.0 Å². The molecule has 0 bridgehead atoms. The smallest absolute Gasteiger partial charge is 0.327 e. The van der Waals surface area contributed by atoms with Crippen molar-refractivity contribution in [2.45, 2.75) is 52.6 Å². The van der Waals surface area contributed by atoms with Crippen LogP contribution in [0.15, 0.2) is 29.0 Å². The fourth-order valence-corrected chi connectivity index (χ4v) is 2.88. The van der Waals surface area contributed by atoms with Crippen molar-refractivity contribution in [1.82, 2.24) is 14.9 Å². The maximum atomic E-state index is 13.4. The Hall–Kier alpha value is -2.94. The third-order valence-electron chi connectivity index (χ3n) is 4.41. The number of carboxylic acids is 1. The highest BCUT2D eigenvalue weighted by atomic mass is 16.4. The zero-order valence-corrected chi connectivity index (χ0v) is 18.2. The Labute approximate surface area is 176 Å². The summed E-state index contributed by atoms with van der Waals surface area (Å²) < 4.78 is 5.34. The van der Waals surface area contributed by atoms with Crippen LogP contribution in [0.3, 0.4) is 0 Å². The largest absolute Gasteiger partial charge is 0.480 e. The van der Waals surface area contributed by atoms with E-state index in [9.17, 15) is 14.7 Å². The van der Waals surface area contributed by atoms with E-state index in [1.165, 1.54) is 11.1 Å². The molecule has 0 saturated carbocycles. The minimum Gasteiger partial charge on any atom is -0.480 e. The monoisotopic (exact) mass is 417 g/mol. The van der Waals surface area contributed by atoms with Crippen molar-refractivity contribution in [3.63, 3.8) is 0 Å². The van der Waals surface area contributed by atoms with E-state index in [2.05, 4.69) is 15.3 Å². The molecular formula is C21H31N5O4. The molecule has 164 valence electrons. The highest BCUT2D eigenvalue weighted by Gasteiger charge is 2.32. The normalized spacial score (nSPS) is 12.6. The molecule has 2 aromatic heterocycles. The lowest BCUT2D eigenvalue weighted by molar-refractivity contribution is -0.142. The third kappa shape index (κ3) is 5.79. The lowest BCUT2D eigenvalue weighted by Gasteiger charge is -2.30. The van der Waals surface area contributed by atoms with Crippen LogP contribution in [-0.2, 0) is 16.8 Å². The number of carboxylic acid groups (broad SMARTS) is 1. The maximum Gasteiger partial charge on any atom is 0.327 e. The van der Waals surface area contributed by atoms with E-state index in [1.807, 2.05) is 34.6 Å². The second kappa shape index (κ2) is 9.71. The number of rotatable bonds is 9. The minimum absolute atomic E-state index is 0.0524. The highest BCUT2D eigenvalue weighted by molar-refractivity contribution is 6.00. The van der Waals surface area contributed by atoms with Gasteiger partial charge in [0.2, 0.25) is 0 Å². The predicted molar refractivity (Wildman–Crippen MR) is 113 cm³/mol. The van der Waals surface area contributed by atoms with Gasteiger partial charge in [-0.2, -0.15) is 0 Å². The van der Waals surface area contributed by atoms with Gasteiger partial charge in [-0.25, -0.2) is 14.8 Å². The van der Waals surface area contributed by atoms with E-state index >= 15 is 0 Å². The molecule has 1 atom stereocenters. The molecule has 0 aliphatic rings. The number of carbonyl (C=O) groups excluding carboxylic acids is 1. The first kappa shape index (κ1) is 23.3. The first-order chi connectivity index (χ1) is 14.0. The molecule has 0 fully saturated rings. The Morgan fingerprint density at radius 1 is 1.33 bits per heavy atom. The van der Waals surface area contributed by atoms with Gasteiger partial charge in [0.15, 0.2) is 0 Å². The van der Waals surface area contributed by atoms with Gasteiger partial charge in [0.25, 0.3) is 5.91 Å². The van der Waals surface area contributed by atoms with Gasteiger partial charge in [0.1, 0.15) is 29.0 Å². The van der Waals surface area contributed by atoms with Crippen LogP contribution in [0.2, 0.25) is 0 Å². The zero-order valence-electron chi connectivity index (χ0n) is 18.2. The highest BCUT2D eigenvalue weighted by Crippen LogP contribution is 2.24. The van der Waals surface area contributed by atoms with Crippen LogP contribution in [0.1, 0.15) is 56.6 Å². The third-order valence-corrected chi connectivity index (χ3v) is 4.41. The number of aliphatic carboxylic acids is 1. The molecule has 30 heavy (non-hydrogen) atoms. The number of furan rings is 1. The van der Waals surface area contributed by atoms with Crippen molar-refractivity contribution in [1.29, 1.82) is 0 Å². The van der Waals surface area contributed by atoms with Gasteiger partial charge in [0.05, 0.1) is 12.8 Å². The molecule has 0 aromatic carbocycles. The van der Waals surface area contributed by atoms with E-state index in [1.54, 1.807) is 18.4 Å². The lowest BCUT2D eigenvalue weighted by atomic mass is 9.95. The molecule has 0 spiro atoms. The van der Waals surface area contributed by atoms with Gasteiger partial charge in [0, 0.05) is 24.7 Å². The van der Waals surface area contributed by atoms with Gasteiger partial charge < -0.3 is 25.5 Å². The SMILES string of the molecule is CC(C)CN(C(=O)c1cnc(C(C)(C)C)nc1NCc1ccco1)[C@@H](CN)C(=O)O. The van der Waals surface area contributed by atoms with E-state index in [4.69, 9.17) is 10.2 Å². The number of nitrogens with zero attached hydrogens (tertiary/aromatic N) is 3. The average Bonchev–Trinajstić information content (AvgIpc) is 3.17. The molecule has 2 aromatic rings. The van der Waals surface area contributed by atoms with Gasteiger partial charge in [-0.1, -0.05) is 34.6 Å². The van der Waals surface area contributed by atoms with Crippen LogP contribution >= 0.6 is 0 Å². The summed E-state index contributed by atoms with van der Waals surface area (Å²) in [5.41, 5.74) is 5.53. The van der Waals surface area contributed by atoms with Gasteiger partial charge in [-0.3, -0.25) is 4.79 Å². The predicted octanol–water partition coefficient (Wildman–Crippen LogP) is 2.49. The van der Waals surface area contributed by atoms with Crippen LogP contribution in [0.4, 0.5) is 5.82 Å². The Kier molecular flexibility index (Phi) is 7.55. The van der Waals surface area contributed by atoms with Crippen molar-refractivity contribution in [3.05, 3.63) is 41.7 Å². The van der Waals surface area contributed by atoms with E-state index < -0.39 is 17.9 Å². The quantitative estimate of drug-likeness (QED) is 0.566. The molecule has 4 N–H and O–H groups in total. The second-order valence-corrected chi connectivity index (χ2v) is 8.58. The number of aromatic nitrogens is 2. The molecule has 0 aliphatic heterocycles. The number of nitrogens with two attached hydrogens (primary N) is 1. The number of amides is 1. The van der Waals surface area contributed by atoms with Crippen LogP contribution in [0.25, 0.3) is 0 Å². The Balaban J connectivity index is 2.46. The fourth-order valence-electron chi connectivity index (χ4n) is 2.88. The second-order valence-electron chi connectivity index (χ2n) is 8.58. The van der Waals surface area contributed by atoms with Crippen molar-refractivity contribution >= 4 is 17.7 Å². The van der Waals surface area contributed by atoms with Gasteiger partial charge in [-0.05, 0) is 18.1 Å². The molecule has 0 saturated heterocycles. The summed E-state index contributed by atoms with van der Waals surface area (Å²) in [5, 5.41) is 12.7. The molecule has 9 heteroatoms. The topological polar surface area (TPSA) is 135 Å². The van der Waals surface area contributed by atoms with Crippen molar-refractivity contribution in [2.24, 2.45) is 11.7 Å². The number of nitrogens with one attached hydrogen (secondary N) is 1. The maximum absolute atomic E-state index is 13.4. The van der Waals surface area contributed by atoms with Crippen LogP contribution in [0.5, 0.6) is 0 Å². The summed E-state index contributed by atoms with van der Waals surface area (Å²) in [6.07, 6.45) is 3.01. The first-order valence-electron chi connectivity index (χ1n) is 9.92. The molecule has 0 unspecified atom stereocenters. The Morgan fingerprint density at radius 3 is 2.53 bits per heavy atom. The Bertz CT molecular complexity index is 859. The zero-order chi connectivity index (χ0) is 22.5.